The molecule has 0 bridgehead atoms. The van der Waals surface area contributed by atoms with E-state index in [-0.39, 0.29) is 0 Å². The molecule has 0 atom stereocenters. The van der Waals surface area contributed by atoms with Crippen molar-refractivity contribution in [1.82, 2.24) is 0 Å². The first-order chi connectivity index (χ1) is 10.6. The minimum atomic E-state index is -0.421. The number of ether oxygens (including phenoxy) is 1. The molecule has 0 amide bonds. The Bertz CT molecular complexity index is 867. The summed E-state index contributed by atoms with van der Waals surface area (Å²) in [5, 5.41) is 0.802. The highest BCUT2D eigenvalue weighted by Gasteiger charge is 2.16. The van der Waals surface area contributed by atoms with Gasteiger partial charge in [0.1, 0.15) is 5.75 Å². The van der Waals surface area contributed by atoms with Crippen molar-refractivity contribution < 1.29 is 13.7 Å². The van der Waals surface area contributed by atoms with E-state index in [9.17, 15) is 4.79 Å². The molecule has 1 heterocycles. The van der Waals surface area contributed by atoms with E-state index in [1.165, 1.54) is 4.57 Å². The van der Waals surface area contributed by atoms with Crippen LogP contribution in [0.3, 0.4) is 0 Å². The molecule has 2 aromatic carbocycles. The fraction of sp³-hybridized carbons (Fsp3) is 0.176. The smallest absolute Gasteiger partial charge is 0.497 e. The molecule has 0 spiro atoms. The van der Waals surface area contributed by atoms with Crippen LogP contribution in [0.2, 0.25) is 0 Å². The zero-order chi connectivity index (χ0) is 15.7. The van der Waals surface area contributed by atoms with Crippen LogP contribution in [0.5, 0.6) is 5.75 Å². The first kappa shape index (κ1) is 14.1. The van der Waals surface area contributed by atoms with Crippen LogP contribution in [0, 0.1) is 0 Å². The summed E-state index contributed by atoms with van der Waals surface area (Å²) in [5.74, 6) is 0.297. The fourth-order valence-electron chi connectivity index (χ4n) is 2.27. The maximum Gasteiger partial charge on any atom is 0.608 e. The van der Waals surface area contributed by atoms with Gasteiger partial charge in [0, 0.05) is 31.9 Å². The molecule has 0 radical (unpaired) electrons. The zero-order valence-corrected chi connectivity index (χ0v) is 12.7. The summed E-state index contributed by atoms with van der Waals surface area (Å²) >= 11 is 0. The van der Waals surface area contributed by atoms with Crippen molar-refractivity contribution in [3.05, 3.63) is 59.2 Å². The van der Waals surface area contributed by atoms with Gasteiger partial charge in [-0.05, 0) is 30.3 Å². The number of anilines is 1. The average molecular weight is 297 g/mol. The van der Waals surface area contributed by atoms with Crippen LogP contribution in [-0.4, -0.2) is 21.2 Å². The first-order valence-electron chi connectivity index (χ1n) is 6.90. The van der Waals surface area contributed by atoms with Crippen molar-refractivity contribution in [2.75, 3.05) is 26.1 Å². The molecule has 5 nitrogen and oxygen atoms in total. The second kappa shape index (κ2) is 5.52. The van der Waals surface area contributed by atoms with Crippen molar-refractivity contribution in [2.24, 2.45) is 0 Å². The largest absolute Gasteiger partial charge is 0.608 e. The zero-order valence-electron chi connectivity index (χ0n) is 12.7. The Hall–Kier alpha value is -2.82. The second-order valence-electron chi connectivity index (χ2n) is 5.18. The number of nitrogens with zero attached hydrogens (tertiary/aromatic N) is 2. The number of fused-ring (bicyclic) bond motifs is 1. The Morgan fingerprint density at radius 1 is 1.09 bits per heavy atom. The Balaban J connectivity index is 2.13. The third-order valence-electron chi connectivity index (χ3n) is 3.52. The molecule has 0 unspecified atom stereocenters. The number of methoxy groups -OCH3 is 1. The van der Waals surface area contributed by atoms with E-state index < -0.39 is 5.76 Å². The molecule has 0 fully saturated rings. The summed E-state index contributed by atoms with van der Waals surface area (Å²) in [6.07, 6.45) is 1.76. The van der Waals surface area contributed by atoms with Crippen LogP contribution in [0.15, 0.2) is 57.9 Å². The van der Waals surface area contributed by atoms with E-state index in [1.807, 2.05) is 49.3 Å². The SMILES string of the molecule is COc1ccc2oc(=O)[n+](-c3ccc(N(C)C)cc3)cc2c1. The minimum absolute atomic E-state index is 0.421. The van der Waals surface area contributed by atoms with Gasteiger partial charge < -0.3 is 14.1 Å². The molecular formula is C17H17N2O3+. The molecule has 3 rings (SSSR count). The standard InChI is InChI=1S/C17H17N2O3/c1-18(2)13-4-6-14(7-5-13)19-11-12-10-15(21-3)8-9-16(12)22-17(19)20/h4-11H,1-3H3/q+1. The first-order valence-corrected chi connectivity index (χ1v) is 6.90. The summed E-state index contributed by atoms with van der Waals surface area (Å²) in [6, 6.07) is 13.0. The van der Waals surface area contributed by atoms with Crippen LogP contribution < -0.4 is 20.0 Å². The van der Waals surface area contributed by atoms with Gasteiger partial charge in [-0.15, -0.1) is 0 Å². The predicted octanol–water partition coefficient (Wildman–Crippen LogP) is 2.14. The van der Waals surface area contributed by atoms with Gasteiger partial charge in [-0.2, -0.15) is 4.79 Å². The summed E-state index contributed by atoms with van der Waals surface area (Å²) in [7, 11) is 5.55. The molecule has 0 saturated heterocycles. The van der Waals surface area contributed by atoms with Crippen molar-refractivity contribution in [2.45, 2.75) is 0 Å². The van der Waals surface area contributed by atoms with Crippen molar-refractivity contribution in [3.8, 4) is 11.4 Å². The Morgan fingerprint density at radius 3 is 2.45 bits per heavy atom. The van der Waals surface area contributed by atoms with Crippen LogP contribution in [0.1, 0.15) is 0 Å². The van der Waals surface area contributed by atoms with Gasteiger partial charge in [-0.3, -0.25) is 0 Å². The van der Waals surface area contributed by atoms with Gasteiger partial charge in [-0.25, -0.2) is 0 Å². The van der Waals surface area contributed by atoms with Gasteiger partial charge in [0.2, 0.25) is 5.69 Å². The highest BCUT2D eigenvalue weighted by molar-refractivity contribution is 5.76. The second-order valence-corrected chi connectivity index (χ2v) is 5.18. The normalized spacial score (nSPS) is 10.7. The lowest BCUT2D eigenvalue weighted by Crippen LogP contribution is -2.46. The van der Waals surface area contributed by atoms with Crippen LogP contribution in [0.25, 0.3) is 16.7 Å². The lowest BCUT2D eigenvalue weighted by atomic mass is 10.2. The van der Waals surface area contributed by atoms with Crippen molar-refractivity contribution in [1.29, 1.82) is 0 Å². The summed E-state index contributed by atoms with van der Waals surface area (Å²) in [6.45, 7) is 0. The molecule has 0 aliphatic heterocycles. The predicted molar refractivity (Wildman–Crippen MR) is 84.9 cm³/mol. The highest BCUT2D eigenvalue weighted by atomic mass is 16.5. The molecule has 5 heteroatoms. The van der Waals surface area contributed by atoms with Gasteiger partial charge in [0.25, 0.3) is 0 Å². The van der Waals surface area contributed by atoms with Gasteiger partial charge in [0.05, 0.1) is 12.5 Å². The van der Waals surface area contributed by atoms with E-state index in [0.717, 1.165) is 22.5 Å². The Kier molecular flexibility index (Phi) is 3.55. The molecule has 0 aliphatic rings. The van der Waals surface area contributed by atoms with E-state index in [1.54, 1.807) is 25.4 Å². The topological polar surface area (TPSA) is 46.6 Å². The molecule has 0 saturated carbocycles. The quantitative estimate of drug-likeness (QED) is 0.695. The molecule has 1 aromatic heterocycles. The maximum absolute atomic E-state index is 12.2. The molecular weight excluding hydrogens is 280 g/mol. The van der Waals surface area contributed by atoms with Gasteiger partial charge in [0.15, 0.2) is 11.8 Å². The van der Waals surface area contributed by atoms with Crippen LogP contribution in [-0.2, 0) is 0 Å². The molecule has 22 heavy (non-hydrogen) atoms. The van der Waals surface area contributed by atoms with Gasteiger partial charge >= 0.3 is 5.76 Å². The maximum atomic E-state index is 12.2. The summed E-state index contributed by atoms with van der Waals surface area (Å²) < 4.78 is 12.1. The minimum Gasteiger partial charge on any atom is -0.497 e. The van der Waals surface area contributed by atoms with E-state index >= 15 is 0 Å². The molecule has 112 valence electrons. The number of hydrogen-bond donors (Lipinski definition) is 0. The average Bonchev–Trinajstić information content (AvgIpc) is 2.54. The summed E-state index contributed by atoms with van der Waals surface area (Å²) in [5.41, 5.74) is 2.35. The number of aromatic nitrogens is 1. The fourth-order valence-corrected chi connectivity index (χ4v) is 2.27. The summed E-state index contributed by atoms with van der Waals surface area (Å²) in [4.78, 5) is 14.2. The van der Waals surface area contributed by atoms with Crippen LogP contribution >= 0.6 is 0 Å². The molecule has 0 N–H and O–H groups in total. The highest BCUT2D eigenvalue weighted by Crippen LogP contribution is 2.18. The number of hydrogen-bond acceptors (Lipinski definition) is 4. The molecule has 3 aromatic rings. The lowest BCUT2D eigenvalue weighted by Gasteiger charge is -2.11. The van der Waals surface area contributed by atoms with E-state index in [4.69, 9.17) is 9.15 Å². The Labute approximate surface area is 128 Å². The van der Waals surface area contributed by atoms with Crippen molar-refractivity contribution in [3.63, 3.8) is 0 Å². The number of benzene rings is 2. The molecule has 0 aliphatic carbocycles. The lowest BCUT2D eigenvalue weighted by molar-refractivity contribution is -0.623. The van der Waals surface area contributed by atoms with E-state index in [2.05, 4.69) is 0 Å². The third-order valence-corrected chi connectivity index (χ3v) is 3.52. The van der Waals surface area contributed by atoms with Crippen molar-refractivity contribution >= 4 is 16.7 Å². The monoisotopic (exact) mass is 297 g/mol. The van der Waals surface area contributed by atoms with E-state index in [0.29, 0.717) is 5.58 Å². The third kappa shape index (κ3) is 2.53. The van der Waals surface area contributed by atoms with Gasteiger partial charge in [-0.1, -0.05) is 4.57 Å². The van der Waals surface area contributed by atoms with Crippen LogP contribution in [0.4, 0.5) is 5.69 Å². The number of rotatable bonds is 3. The Morgan fingerprint density at radius 2 is 1.82 bits per heavy atom.